The van der Waals surface area contributed by atoms with Gasteiger partial charge in [-0.05, 0) is 51.8 Å². The number of aliphatic imine (C=N–C) groups is 1. The minimum absolute atomic E-state index is 0.0263. The topological polar surface area (TPSA) is 67.5 Å². The first-order valence-corrected chi connectivity index (χ1v) is 9.79. The lowest BCUT2D eigenvalue weighted by atomic mass is 9.92. The summed E-state index contributed by atoms with van der Waals surface area (Å²) in [5.74, 6) is -2.10. The molecule has 0 bridgehead atoms. The van der Waals surface area contributed by atoms with E-state index in [1.54, 1.807) is 10.7 Å². The largest absolute Gasteiger partial charge is 0.350 e. The minimum Gasteiger partial charge on any atom is -0.350 e. The summed E-state index contributed by atoms with van der Waals surface area (Å²) < 4.78 is 28.4. The first kappa shape index (κ1) is 19.4. The fraction of sp³-hybridized carbons (Fsp3) is 0.429. The van der Waals surface area contributed by atoms with Gasteiger partial charge >= 0.3 is 0 Å². The molecule has 4 rings (SSSR count). The Balaban J connectivity index is 1.56. The zero-order valence-electron chi connectivity index (χ0n) is 16.8. The van der Waals surface area contributed by atoms with Crippen LogP contribution in [-0.2, 0) is 0 Å². The monoisotopic (exact) mass is 398 g/mol. The molecule has 29 heavy (non-hydrogen) atoms. The predicted molar refractivity (Wildman–Crippen MR) is 110 cm³/mol. The Labute approximate surface area is 168 Å². The lowest BCUT2D eigenvalue weighted by molar-refractivity contribution is -0.0361. The number of aryl methyl sites for hydroxylation is 1. The Morgan fingerprint density at radius 1 is 1.21 bits per heavy atom. The highest BCUT2D eigenvalue weighted by Gasteiger charge is 2.35. The maximum Gasteiger partial charge on any atom is 0.248 e. The van der Waals surface area contributed by atoms with E-state index in [1.807, 2.05) is 45.2 Å². The third kappa shape index (κ3) is 4.26. The van der Waals surface area contributed by atoms with Crippen LogP contribution in [0.5, 0.6) is 0 Å². The second-order valence-electron chi connectivity index (χ2n) is 7.78. The number of rotatable bonds is 4. The number of pyridine rings is 1. The lowest BCUT2D eigenvalue weighted by Gasteiger charge is -2.28. The molecule has 1 aliphatic rings. The Morgan fingerprint density at radius 3 is 2.66 bits per heavy atom. The lowest BCUT2D eigenvalue weighted by Crippen LogP contribution is -2.32. The molecule has 3 aromatic rings. The fourth-order valence-electron chi connectivity index (χ4n) is 3.61. The van der Waals surface area contributed by atoms with Crippen LogP contribution in [0.1, 0.15) is 45.2 Å². The van der Waals surface area contributed by atoms with Crippen LogP contribution >= 0.6 is 0 Å². The molecule has 6 nitrogen and oxygen atoms in total. The van der Waals surface area contributed by atoms with Crippen LogP contribution in [0, 0.1) is 6.92 Å². The summed E-state index contributed by atoms with van der Waals surface area (Å²) in [5.41, 5.74) is 5.29. The molecule has 0 aliphatic heterocycles. The molecule has 3 heterocycles. The number of halogens is 2. The highest BCUT2D eigenvalue weighted by atomic mass is 19.3. The zero-order valence-corrected chi connectivity index (χ0v) is 16.8. The van der Waals surface area contributed by atoms with Gasteiger partial charge in [0.25, 0.3) is 0 Å². The Bertz CT molecular complexity index is 1060. The summed E-state index contributed by atoms with van der Waals surface area (Å²) in [6.07, 6.45) is 4.24. The van der Waals surface area contributed by atoms with Gasteiger partial charge in [0.2, 0.25) is 11.9 Å². The van der Waals surface area contributed by atoms with E-state index in [0.29, 0.717) is 18.8 Å². The van der Waals surface area contributed by atoms with Crippen molar-refractivity contribution in [3.05, 3.63) is 36.3 Å². The van der Waals surface area contributed by atoms with E-state index in [2.05, 4.69) is 25.4 Å². The van der Waals surface area contributed by atoms with Gasteiger partial charge in [0.1, 0.15) is 0 Å². The molecule has 0 saturated heterocycles. The number of aromatic nitrogens is 4. The first-order chi connectivity index (χ1) is 13.8. The van der Waals surface area contributed by atoms with Crippen LogP contribution in [0.3, 0.4) is 0 Å². The molecule has 1 N–H and O–H groups in total. The summed E-state index contributed by atoms with van der Waals surface area (Å²) >= 11 is 0. The van der Waals surface area contributed by atoms with Gasteiger partial charge in [-0.15, -0.1) is 5.10 Å². The van der Waals surface area contributed by atoms with Crippen molar-refractivity contribution in [3.63, 3.8) is 0 Å². The van der Waals surface area contributed by atoms with E-state index in [9.17, 15) is 8.78 Å². The SMILES string of the molecule is CC(C)=Nc1ccc(-c2ccn3nc(NC4CCC(F)(F)CC4)ncc23)nc1C. The average Bonchev–Trinajstić information content (AvgIpc) is 3.08. The van der Waals surface area contributed by atoms with Crippen LogP contribution in [0.4, 0.5) is 20.4 Å². The van der Waals surface area contributed by atoms with Gasteiger partial charge in [0, 0.05) is 36.4 Å². The van der Waals surface area contributed by atoms with Crippen molar-refractivity contribution in [2.75, 3.05) is 5.32 Å². The molecule has 1 aliphatic carbocycles. The zero-order chi connectivity index (χ0) is 20.6. The third-order valence-electron chi connectivity index (χ3n) is 5.15. The molecule has 8 heteroatoms. The van der Waals surface area contributed by atoms with Crippen molar-refractivity contribution < 1.29 is 8.78 Å². The maximum absolute atomic E-state index is 13.3. The van der Waals surface area contributed by atoms with Crippen molar-refractivity contribution in [2.24, 2.45) is 4.99 Å². The van der Waals surface area contributed by atoms with Gasteiger partial charge in [-0.2, -0.15) is 0 Å². The molecular formula is C21H24F2N6. The van der Waals surface area contributed by atoms with Gasteiger partial charge < -0.3 is 5.32 Å². The van der Waals surface area contributed by atoms with Crippen molar-refractivity contribution in [2.45, 2.75) is 58.4 Å². The molecule has 0 unspecified atom stereocenters. The van der Waals surface area contributed by atoms with E-state index < -0.39 is 5.92 Å². The van der Waals surface area contributed by atoms with E-state index in [-0.39, 0.29) is 18.9 Å². The van der Waals surface area contributed by atoms with Crippen molar-refractivity contribution in [3.8, 4) is 11.3 Å². The number of anilines is 1. The van der Waals surface area contributed by atoms with E-state index in [4.69, 9.17) is 0 Å². The molecular weight excluding hydrogens is 374 g/mol. The van der Waals surface area contributed by atoms with Crippen LogP contribution in [-0.4, -0.2) is 37.3 Å². The van der Waals surface area contributed by atoms with Gasteiger partial charge in [-0.1, -0.05) is 0 Å². The number of nitrogens with one attached hydrogen (secondary N) is 1. The minimum atomic E-state index is -2.54. The highest BCUT2D eigenvalue weighted by Crippen LogP contribution is 2.34. The molecule has 3 aromatic heterocycles. The third-order valence-corrected chi connectivity index (χ3v) is 5.15. The predicted octanol–water partition coefficient (Wildman–Crippen LogP) is 5.20. The molecule has 0 aromatic carbocycles. The second-order valence-corrected chi connectivity index (χ2v) is 7.78. The number of alkyl halides is 2. The van der Waals surface area contributed by atoms with E-state index >= 15 is 0 Å². The van der Waals surface area contributed by atoms with Crippen LogP contribution in [0.2, 0.25) is 0 Å². The Morgan fingerprint density at radius 2 is 1.97 bits per heavy atom. The average molecular weight is 398 g/mol. The highest BCUT2D eigenvalue weighted by molar-refractivity contribution is 5.83. The summed E-state index contributed by atoms with van der Waals surface area (Å²) in [4.78, 5) is 13.6. The normalized spacial score (nSPS) is 16.7. The standard InChI is InChI=1S/C21H24F2N6/c1-13(2)25-17-4-5-18(26-14(17)3)16-8-11-29-19(16)12-24-20(28-29)27-15-6-9-21(22,23)10-7-15/h4-5,8,11-12,15H,6-7,9-10H2,1-3H3,(H,27,28). The summed E-state index contributed by atoms with van der Waals surface area (Å²) in [7, 11) is 0. The molecule has 0 spiro atoms. The second kappa shape index (κ2) is 7.50. The number of hydrogen-bond acceptors (Lipinski definition) is 5. The van der Waals surface area contributed by atoms with Crippen LogP contribution < -0.4 is 5.32 Å². The first-order valence-electron chi connectivity index (χ1n) is 9.79. The maximum atomic E-state index is 13.3. The molecule has 0 atom stereocenters. The molecule has 1 saturated carbocycles. The fourth-order valence-corrected chi connectivity index (χ4v) is 3.61. The Kier molecular flexibility index (Phi) is 5.02. The molecule has 0 amide bonds. The number of fused-ring (bicyclic) bond motifs is 1. The number of hydrogen-bond donors (Lipinski definition) is 1. The van der Waals surface area contributed by atoms with Gasteiger partial charge in [-0.3, -0.25) is 9.98 Å². The van der Waals surface area contributed by atoms with Crippen LogP contribution in [0.25, 0.3) is 16.8 Å². The van der Waals surface area contributed by atoms with E-state index in [1.165, 1.54) is 0 Å². The van der Waals surface area contributed by atoms with Crippen LogP contribution in [0.15, 0.2) is 35.6 Å². The Hall–Kier alpha value is -2.90. The quantitative estimate of drug-likeness (QED) is 0.613. The van der Waals surface area contributed by atoms with Crippen molar-refractivity contribution in [1.29, 1.82) is 0 Å². The summed E-state index contributed by atoms with van der Waals surface area (Å²) in [5, 5.41) is 7.68. The molecule has 0 radical (unpaired) electrons. The van der Waals surface area contributed by atoms with Crippen molar-refractivity contribution in [1.82, 2.24) is 19.6 Å². The van der Waals surface area contributed by atoms with E-state index in [0.717, 1.165) is 33.9 Å². The van der Waals surface area contributed by atoms with Gasteiger partial charge in [0.05, 0.1) is 28.8 Å². The molecule has 152 valence electrons. The van der Waals surface area contributed by atoms with Gasteiger partial charge in [-0.25, -0.2) is 18.3 Å². The summed E-state index contributed by atoms with van der Waals surface area (Å²) in [6.45, 7) is 5.85. The molecule has 1 fully saturated rings. The summed E-state index contributed by atoms with van der Waals surface area (Å²) in [6, 6.07) is 5.83. The van der Waals surface area contributed by atoms with Gasteiger partial charge in [0.15, 0.2) is 0 Å². The smallest absolute Gasteiger partial charge is 0.248 e. The van der Waals surface area contributed by atoms with Crippen molar-refractivity contribution >= 4 is 22.9 Å². The number of nitrogens with zero attached hydrogens (tertiary/aromatic N) is 5.